The summed E-state index contributed by atoms with van der Waals surface area (Å²) in [7, 11) is 0. The zero-order valence-corrected chi connectivity index (χ0v) is 12.8. The molecule has 0 spiro atoms. The third-order valence-electron chi connectivity index (χ3n) is 4.25. The SMILES string of the molecule is CCCCC(CC)CNC1CCC(SC)CC1. The van der Waals surface area contributed by atoms with Crippen LogP contribution in [-0.4, -0.2) is 24.1 Å². The molecule has 1 N–H and O–H groups in total. The first-order valence-electron chi connectivity index (χ1n) is 7.56. The molecule has 2 heteroatoms. The average Bonchev–Trinajstić information content (AvgIpc) is 2.39. The van der Waals surface area contributed by atoms with Gasteiger partial charge in [0, 0.05) is 11.3 Å². The minimum atomic E-state index is 0.814. The zero-order chi connectivity index (χ0) is 12.5. The van der Waals surface area contributed by atoms with Gasteiger partial charge in [-0.25, -0.2) is 0 Å². The van der Waals surface area contributed by atoms with Gasteiger partial charge in [-0.2, -0.15) is 11.8 Å². The molecule has 0 aliphatic heterocycles. The summed E-state index contributed by atoms with van der Waals surface area (Å²) in [5.74, 6) is 0.910. The zero-order valence-electron chi connectivity index (χ0n) is 12.0. The van der Waals surface area contributed by atoms with Gasteiger partial charge in [-0.15, -0.1) is 0 Å². The number of rotatable bonds is 8. The first-order valence-corrected chi connectivity index (χ1v) is 8.85. The van der Waals surface area contributed by atoms with Gasteiger partial charge in [0.25, 0.3) is 0 Å². The third kappa shape index (κ3) is 6.15. The van der Waals surface area contributed by atoms with Gasteiger partial charge in [0.1, 0.15) is 0 Å². The molecule has 1 aliphatic carbocycles. The van der Waals surface area contributed by atoms with Gasteiger partial charge in [-0.3, -0.25) is 0 Å². The minimum Gasteiger partial charge on any atom is -0.314 e. The Morgan fingerprint density at radius 2 is 1.88 bits per heavy atom. The van der Waals surface area contributed by atoms with E-state index in [1.54, 1.807) is 0 Å². The van der Waals surface area contributed by atoms with Crippen LogP contribution in [0.5, 0.6) is 0 Å². The van der Waals surface area contributed by atoms with Crippen LogP contribution >= 0.6 is 11.8 Å². The van der Waals surface area contributed by atoms with E-state index in [4.69, 9.17) is 0 Å². The van der Waals surface area contributed by atoms with Crippen LogP contribution in [0.25, 0.3) is 0 Å². The molecule has 0 saturated heterocycles. The molecule has 1 saturated carbocycles. The first-order chi connectivity index (χ1) is 8.30. The quantitative estimate of drug-likeness (QED) is 0.688. The van der Waals surface area contributed by atoms with Crippen LogP contribution in [0.3, 0.4) is 0 Å². The van der Waals surface area contributed by atoms with E-state index >= 15 is 0 Å². The molecule has 1 rings (SSSR count). The molecule has 17 heavy (non-hydrogen) atoms. The first kappa shape index (κ1) is 15.4. The van der Waals surface area contributed by atoms with Crippen molar-refractivity contribution in [3.63, 3.8) is 0 Å². The lowest BCUT2D eigenvalue weighted by Gasteiger charge is -2.29. The molecule has 1 atom stereocenters. The van der Waals surface area contributed by atoms with Crippen LogP contribution in [0.4, 0.5) is 0 Å². The van der Waals surface area contributed by atoms with Crippen molar-refractivity contribution >= 4 is 11.8 Å². The van der Waals surface area contributed by atoms with Crippen molar-refractivity contribution in [2.75, 3.05) is 12.8 Å². The van der Waals surface area contributed by atoms with E-state index in [0.29, 0.717) is 0 Å². The lowest BCUT2D eigenvalue weighted by molar-refractivity contribution is 0.335. The van der Waals surface area contributed by atoms with Crippen LogP contribution in [0.15, 0.2) is 0 Å². The average molecular weight is 257 g/mol. The highest BCUT2D eigenvalue weighted by Crippen LogP contribution is 2.27. The Morgan fingerprint density at radius 3 is 2.41 bits per heavy atom. The van der Waals surface area contributed by atoms with Gasteiger partial charge >= 0.3 is 0 Å². The maximum atomic E-state index is 3.82. The molecule has 1 nitrogen and oxygen atoms in total. The van der Waals surface area contributed by atoms with Crippen molar-refractivity contribution in [3.8, 4) is 0 Å². The van der Waals surface area contributed by atoms with Crippen LogP contribution in [0.1, 0.15) is 65.2 Å². The second-order valence-electron chi connectivity index (χ2n) is 5.53. The van der Waals surface area contributed by atoms with Crippen molar-refractivity contribution in [1.82, 2.24) is 5.32 Å². The van der Waals surface area contributed by atoms with Gasteiger partial charge in [-0.1, -0.05) is 33.1 Å². The molecular formula is C15H31NS. The molecule has 0 aromatic rings. The molecule has 1 aliphatic rings. The third-order valence-corrected chi connectivity index (χ3v) is 5.38. The topological polar surface area (TPSA) is 12.0 Å². The van der Waals surface area contributed by atoms with E-state index in [-0.39, 0.29) is 0 Å². The summed E-state index contributed by atoms with van der Waals surface area (Å²) < 4.78 is 0. The lowest BCUT2D eigenvalue weighted by Crippen LogP contribution is -2.36. The van der Waals surface area contributed by atoms with Crippen molar-refractivity contribution in [2.24, 2.45) is 5.92 Å². The Bertz CT molecular complexity index is 176. The Morgan fingerprint density at radius 1 is 1.18 bits per heavy atom. The number of thioether (sulfide) groups is 1. The fourth-order valence-electron chi connectivity index (χ4n) is 2.78. The summed E-state index contributed by atoms with van der Waals surface area (Å²) >= 11 is 2.06. The predicted octanol–water partition coefficient (Wildman–Crippen LogP) is 4.47. The van der Waals surface area contributed by atoms with Crippen molar-refractivity contribution in [3.05, 3.63) is 0 Å². The predicted molar refractivity (Wildman–Crippen MR) is 80.9 cm³/mol. The van der Waals surface area contributed by atoms with E-state index < -0.39 is 0 Å². The Kier molecular flexibility index (Phi) is 8.38. The molecule has 0 amide bonds. The highest BCUT2D eigenvalue weighted by Gasteiger charge is 2.20. The number of unbranched alkanes of at least 4 members (excludes halogenated alkanes) is 1. The fourth-order valence-corrected chi connectivity index (χ4v) is 3.52. The second-order valence-corrected chi connectivity index (χ2v) is 6.67. The van der Waals surface area contributed by atoms with Crippen LogP contribution in [0.2, 0.25) is 0 Å². The Labute approximate surface area is 113 Å². The summed E-state index contributed by atoms with van der Waals surface area (Å²) in [6.45, 7) is 5.89. The summed E-state index contributed by atoms with van der Waals surface area (Å²) in [6.07, 6.45) is 13.4. The van der Waals surface area contributed by atoms with Crippen LogP contribution in [0, 0.1) is 5.92 Å². The highest BCUT2D eigenvalue weighted by atomic mass is 32.2. The van der Waals surface area contributed by atoms with Crippen molar-refractivity contribution < 1.29 is 0 Å². The molecule has 1 unspecified atom stereocenters. The molecule has 102 valence electrons. The summed E-state index contributed by atoms with van der Waals surface area (Å²) in [5, 5.41) is 4.76. The maximum absolute atomic E-state index is 3.82. The smallest absolute Gasteiger partial charge is 0.00679 e. The molecular weight excluding hydrogens is 226 g/mol. The van der Waals surface area contributed by atoms with E-state index in [1.807, 2.05) is 0 Å². The summed E-state index contributed by atoms with van der Waals surface area (Å²) in [5.41, 5.74) is 0. The van der Waals surface area contributed by atoms with Crippen molar-refractivity contribution in [1.29, 1.82) is 0 Å². The Balaban J connectivity index is 2.12. The molecule has 0 bridgehead atoms. The van der Waals surface area contributed by atoms with E-state index in [9.17, 15) is 0 Å². The fraction of sp³-hybridized carbons (Fsp3) is 1.00. The number of hydrogen-bond donors (Lipinski definition) is 1. The number of hydrogen-bond acceptors (Lipinski definition) is 2. The van der Waals surface area contributed by atoms with Gasteiger partial charge < -0.3 is 5.32 Å². The van der Waals surface area contributed by atoms with E-state index in [0.717, 1.165) is 17.2 Å². The van der Waals surface area contributed by atoms with Crippen LogP contribution < -0.4 is 5.32 Å². The highest BCUT2D eigenvalue weighted by molar-refractivity contribution is 7.99. The lowest BCUT2D eigenvalue weighted by atomic mass is 9.93. The standard InChI is InChI=1S/C15H31NS/c1-4-6-7-13(5-2)12-16-14-8-10-15(17-3)11-9-14/h13-16H,4-12H2,1-3H3. The largest absolute Gasteiger partial charge is 0.314 e. The van der Waals surface area contributed by atoms with E-state index in [2.05, 4.69) is 37.2 Å². The maximum Gasteiger partial charge on any atom is 0.00679 e. The number of nitrogens with one attached hydrogen (secondary N) is 1. The monoisotopic (exact) mass is 257 g/mol. The summed E-state index contributed by atoms with van der Waals surface area (Å²) in [6, 6.07) is 0.814. The molecule has 0 radical (unpaired) electrons. The van der Waals surface area contributed by atoms with Crippen LogP contribution in [-0.2, 0) is 0 Å². The van der Waals surface area contributed by atoms with Gasteiger partial charge in [0.05, 0.1) is 0 Å². The van der Waals surface area contributed by atoms with Gasteiger partial charge in [0.15, 0.2) is 0 Å². The molecule has 1 fully saturated rings. The van der Waals surface area contributed by atoms with Gasteiger partial charge in [-0.05, 0) is 50.8 Å². The summed E-state index contributed by atoms with van der Waals surface area (Å²) in [4.78, 5) is 0. The second kappa shape index (κ2) is 9.27. The Hall–Kier alpha value is 0.310. The molecule has 0 heterocycles. The molecule has 0 aromatic carbocycles. The minimum absolute atomic E-state index is 0.814. The normalized spacial score (nSPS) is 27.0. The van der Waals surface area contributed by atoms with Crippen molar-refractivity contribution in [2.45, 2.75) is 76.5 Å². The van der Waals surface area contributed by atoms with Gasteiger partial charge in [0.2, 0.25) is 0 Å². The van der Waals surface area contributed by atoms with E-state index in [1.165, 1.54) is 57.9 Å². The molecule has 0 aromatic heterocycles.